The minimum absolute atomic E-state index is 0.0808. The molecule has 0 fully saturated rings. The van der Waals surface area contributed by atoms with Crippen molar-refractivity contribution < 1.29 is 5.11 Å². The zero-order valence-corrected chi connectivity index (χ0v) is 13.6. The number of pyridine rings is 3. The van der Waals surface area contributed by atoms with E-state index in [9.17, 15) is 5.11 Å². The Kier molecular flexibility index (Phi) is 3.74. The average Bonchev–Trinajstić information content (AvgIpc) is 2.64. The molecule has 4 aromatic rings. The number of rotatable bonds is 3. The standard InChI is InChI=1S/C20H16N4O/c1-13-5-4-8-17(23-13)18-11-19(20(25)12-22-18)24-16-9-10-21-15-7-3-2-6-14(15)16/h2-12,25H,1H3,(H,21,22,24). The van der Waals surface area contributed by atoms with Crippen molar-refractivity contribution in [1.29, 1.82) is 0 Å². The van der Waals surface area contributed by atoms with E-state index in [1.807, 2.05) is 55.5 Å². The Labute approximate surface area is 145 Å². The molecule has 25 heavy (non-hydrogen) atoms. The summed E-state index contributed by atoms with van der Waals surface area (Å²) in [5.74, 6) is 0.0808. The van der Waals surface area contributed by atoms with E-state index in [1.54, 1.807) is 12.3 Å². The second-order valence-corrected chi connectivity index (χ2v) is 5.75. The molecular weight excluding hydrogens is 312 g/mol. The lowest BCUT2D eigenvalue weighted by molar-refractivity contribution is 0.475. The quantitative estimate of drug-likeness (QED) is 0.581. The van der Waals surface area contributed by atoms with Gasteiger partial charge in [0.25, 0.3) is 0 Å². The first-order chi connectivity index (χ1) is 12.2. The smallest absolute Gasteiger partial charge is 0.157 e. The lowest BCUT2D eigenvalue weighted by Gasteiger charge is -2.12. The average molecular weight is 328 g/mol. The van der Waals surface area contributed by atoms with Gasteiger partial charge < -0.3 is 10.4 Å². The van der Waals surface area contributed by atoms with Gasteiger partial charge in [-0.1, -0.05) is 24.3 Å². The molecule has 122 valence electrons. The van der Waals surface area contributed by atoms with Crippen LogP contribution in [0.1, 0.15) is 5.69 Å². The molecule has 0 saturated heterocycles. The molecule has 0 saturated carbocycles. The van der Waals surface area contributed by atoms with Crippen LogP contribution >= 0.6 is 0 Å². The van der Waals surface area contributed by atoms with Crippen LogP contribution < -0.4 is 5.32 Å². The van der Waals surface area contributed by atoms with Crippen molar-refractivity contribution in [2.24, 2.45) is 0 Å². The zero-order valence-electron chi connectivity index (χ0n) is 13.6. The van der Waals surface area contributed by atoms with E-state index in [1.165, 1.54) is 6.20 Å². The van der Waals surface area contributed by atoms with Crippen LogP contribution in [0.2, 0.25) is 0 Å². The van der Waals surface area contributed by atoms with Crippen molar-refractivity contribution in [2.75, 3.05) is 5.32 Å². The molecule has 0 unspecified atom stereocenters. The third kappa shape index (κ3) is 2.99. The predicted molar refractivity (Wildman–Crippen MR) is 98.9 cm³/mol. The molecule has 0 amide bonds. The fourth-order valence-corrected chi connectivity index (χ4v) is 2.72. The first kappa shape index (κ1) is 15.1. The van der Waals surface area contributed by atoms with E-state index in [0.717, 1.165) is 28.0 Å². The monoisotopic (exact) mass is 328 g/mol. The molecule has 5 nitrogen and oxygen atoms in total. The Morgan fingerprint density at radius 1 is 0.880 bits per heavy atom. The summed E-state index contributed by atoms with van der Waals surface area (Å²) < 4.78 is 0. The Morgan fingerprint density at radius 2 is 1.76 bits per heavy atom. The summed E-state index contributed by atoms with van der Waals surface area (Å²) in [5.41, 5.74) is 4.72. The molecule has 4 rings (SSSR count). The van der Waals surface area contributed by atoms with Crippen LogP contribution in [0.3, 0.4) is 0 Å². The molecule has 0 radical (unpaired) electrons. The lowest BCUT2D eigenvalue weighted by Crippen LogP contribution is -1.96. The number of para-hydroxylation sites is 1. The maximum Gasteiger partial charge on any atom is 0.157 e. The number of fused-ring (bicyclic) bond motifs is 1. The van der Waals surface area contributed by atoms with E-state index in [0.29, 0.717) is 11.4 Å². The highest BCUT2D eigenvalue weighted by molar-refractivity contribution is 5.93. The Bertz CT molecular complexity index is 1060. The first-order valence-electron chi connectivity index (χ1n) is 7.94. The Hall–Kier alpha value is -3.47. The summed E-state index contributed by atoms with van der Waals surface area (Å²) in [4.78, 5) is 13.1. The number of nitrogens with zero attached hydrogens (tertiary/aromatic N) is 3. The molecule has 0 atom stereocenters. The molecule has 3 aromatic heterocycles. The fraction of sp³-hybridized carbons (Fsp3) is 0.0500. The Morgan fingerprint density at radius 3 is 2.64 bits per heavy atom. The molecule has 0 aliphatic heterocycles. The number of nitrogens with one attached hydrogen (secondary N) is 1. The predicted octanol–water partition coefficient (Wildman–Crippen LogP) is 4.45. The van der Waals surface area contributed by atoms with Crippen LogP contribution in [-0.4, -0.2) is 20.1 Å². The number of benzene rings is 1. The molecule has 0 spiro atoms. The van der Waals surface area contributed by atoms with Crippen LogP contribution in [0.25, 0.3) is 22.3 Å². The summed E-state index contributed by atoms with van der Waals surface area (Å²) in [6.07, 6.45) is 3.18. The third-order valence-electron chi connectivity index (χ3n) is 3.95. The molecule has 0 aliphatic rings. The summed E-state index contributed by atoms with van der Waals surface area (Å²) in [7, 11) is 0. The van der Waals surface area contributed by atoms with Crippen LogP contribution in [0.15, 0.2) is 67.0 Å². The van der Waals surface area contributed by atoms with Crippen molar-refractivity contribution in [1.82, 2.24) is 15.0 Å². The van der Waals surface area contributed by atoms with Gasteiger partial charge in [-0.15, -0.1) is 0 Å². The molecular formula is C20H16N4O. The van der Waals surface area contributed by atoms with Crippen molar-refractivity contribution in [2.45, 2.75) is 6.92 Å². The highest BCUT2D eigenvalue weighted by atomic mass is 16.3. The minimum Gasteiger partial charge on any atom is -0.504 e. The van der Waals surface area contributed by atoms with E-state index >= 15 is 0 Å². The van der Waals surface area contributed by atoms with Crippen LogP contribution in [0, 0.1) is 6.92 Å². The number of aryl methyl sites for hydroxylation is 1. The number of hydrogen-bond acceptors (Lipinski definition) is 5. The van der Waals surface area contributed by atoms with Gasteiger partial charge in [0.2, 0.25) is 0 Å². The largest absolute Gasteiger partial charge is 0.504 e. The lowest BCUT2D eigenvalue weighted by atomic mass is 10.1. The molecule has 3 heterocycles. The van der Waals surface area contributed by atoms with Gasteiger partial charge in [0.15, 0.2) is 5.75 Å². The molecule has 0 bridgehead atoms. The molecule has 2 N–H and O–H groups in total. The maximum absolute atomic E-state index is 10.2. The summed E-state index contributed by atoms with van der Waals surface area (Å²) in [6, 6.07) is 17.3. The first-order valence-corrected chi connectivity index (χ1v) is 7.94. The van der Waals surface area contributed by atoms with Gasteiger partial charge in [-0.2, -0.15) is 0 Å². The molecule has 5 heteroatoms. The van der Waals surface area contributed by atoms with Gasteiger partial charge >= 0.3 is 0 Å². The summed E-state index contributed by atoms with van der Waals surface area (Å²) >= 11 is 0. The second-order valence-electron chi connectivity index (χ2n) is 5.75. The van der Waals surface area contributed by atoms with E-state index < -0.39 is 0 Å². The van der Waals surface area contributed by atoms with Crippen molar-refractivity contribution in [3.63, 3.8) is 0 Å². The second kappa shape index (κ2) is 6.20. The van der Waals surface area contributed by atoms with Crippen LogP contribution in [0.5, 0.6) is 5.75 Å². The van der Waals surface area contributed by atoms with Gasteiger partial charge in [-0.3, -0.25) is 15.0 Å². The van der Waals surface area contributed by atoms with E-state index in [-0.39, 0.29) is 5.75 Å². The normalized spacial score (nSPS) is 10.8. The van der Waals surface area contributed by atoms with Crippen LogP contribution in [0.4, 0.5) is 11.4 Å². The number of aromatic hydroxyl groups is 1. The van der Waals surface area contributed by atoms with Crippen LogP contribution in [-0.2, 0) is 0 Å². The number of hydrogen-bond donors (Lipinski definition) is 2. The van der Waals surface area contributed by atoms with Gasteiger partial charge in [-0.25, -0.2) is 0 Å². The number of anilines is 2. The Balaban J connectivity index is 1.76. The zero-order chi connectivity index (χ0) is 17.2. The fourth-order valence-electron chi connectivity index (χ4n) is 2.72. The van der Waals surface area contributed by atoms with Gasteiger partial charge in [0.05, 0.1) is 28.8 Å². The summed E-state index contributed by atoms with van der Waals surface area (Å²) in [5, 5.41) is 14.5. The van der Waals surface area contributed by atoms with Gasteiger partial charge in [0.1, 0.15) is 0 Å². The molecule has 0 aliphatic carbocycles. The van der Waals surface area contributed by atoms with Crippen molar-refractivity contribution in [3.8, 4) is 17.1 Å². The minimum atomic E-state index is 0.0808. The number of aromatic nitrogens is 3. The third-order valence-corrected chi connectivity index (χ3v) is 3.95. The topological polar surface area (TPSA) is 70.9 Å². The maximum atomic E-state index is 10.2. The van der Waals surface area contributed by atoms with E-state index in [4.69, 9.17) is 0 Å². The van der Waals surface area contributed by atoms with E-state index in [2.05, 4.69) is 20.3 Å². The highest BCUT2D eigenvalue weighted by Gasteiger charge is 2.09. The van der Waals surface area contributed by atoms with Gasteiger partial charge in [0, 0.05) is 23.0 Å². The molecule has 1 aromatic carbocycles. The SMILES string of the molecule is Cc1cccc(-c2cc(Nc3ccnc4ccccc34)c(O)cn2)n1. The van der Waals surface area contributed by atoms with Crippen molar-refractivity contribution >= 4 is 22.3 Å². The summed E-state index contributed by atoms with van der Waals surface area (Å²) in [6.45, 7) is 1.94. The highest BCUT2D eigenvalue weighted by Crippen LogP contribution is 2.32. The van der Waals surface area contributed by atoms with Crippen molar-refractivity contribution in [3.05, 3.63) is 72.7 Å². The van der Waals surface area contributed by atoms with Gasteiger partial charge in [-0.05, 0) is 37.3 Å².